The Morgan fingerprint density at radius 3 is 2.62 bits per heavy atom. The lowest BCUT2D eigenvalue weighted by Crippen LogP contribution is -2.35. The van der Waals surface area contributed by atoms with E-state index in [0.717, 1.165) is 5.56 Å². The molecule has 21 heavy (non-hydrogen) atoms. The largest absolute Gasteiger partial charge is 0.497 e. The molecule has 1 aromatic carbocycles. The van der Waals surface area contributed by atoms with Gasteiger partial charge in [0.15, 0.2) is 6.61 Å². The van der Waals surface area contributed by atoms with E-state index in [0.29, 0.717) is 12.2 Å². The van der Waals surface area contributed by atoms with Gasteiger partial charge in [-0.15, -0.1) is 12.4 Å². The van der Waals surface area contributed by atoms with Crippen LogP contribution in [0.3, 0.4) is 0 Å². The third-order valence-electron chi connectivity index (χ3n) is 2.56. The summed E-state index contributed by atoms with van der Waals surface area (Å²) >= 11 is 0. The van der Waals surface area contributed by atoms with Crippen molar-refractivity contribution < 1.29 is 27.4 Å². The van der Waals surface area contributed by atoms with E-state index in [4.69, 9.17) is 10.5 Å². The molecule has 1 atom stereocenters. The van der Waals surface area contributed by atoms with Crippen LogP contribution in [0.2, 0.25) is 0 Å². The molecular formula is C13H17ClF3NO3. The normalized spacial score (nSPS) is 12.2. The average molecular weight is 328 g/mol. The molecule has 1 aromatic rings. The summed E-state index contributed by atoms with van der Waals surface area (Å²) in [5, 5.41) is 0. The van der Waals surface area contributed by atoms with Crippen molar-refractivity contribution in [1.29, 1.82) is 0 Å². The van der Waals surface area contributed by atoms with E-state index in [1.165, 1.54) is 7.11 Å². The van der Waals surface area contributed by atoms with Crippen LogP contribution in [0.25, 0.3) is 0 Å². The van der Waals surface area contributed by atoms with E-state index in [1.54, 1.807) is 18.2 Å². The smallest absolute Gasteiger partial charge is 0.422 e. The van der Waals surface area contributed by atoms with Crippen molar-refractivity contribution in [3.05, 3.63) is 29.8 Å². The van der Waals surface area contributed by atoms with Gasteiger partial charge in [-0.3, -0.25) is 4.79 Å². The number of nitrogens with two attached hydrogens (primary N) is 1. The molecule has 8 heteroatoms. The number of hydrogen-bond acceptors (Lipinski definition) is 4. The molecule has 0 bridgehead atoms. The number of rotatable bonds is 6. The number of benzene rings is 1. The first-order chi connectivity index (χ1) is 9.31. The Hall–Kier alpha value is -1.47. The van der Waals surface area contributed by atoms with Crippen molar-refractivity contribution in [3.63, 3.8) is 0 Å². The van der Waals surface area contributed by atoms with Gasteiger partial charge in [-0.2, -0.15) is 13.2 Å². The number of hydrogen-bond donors (Lipinski definition) is 1. The van der Waals surface area contributed by atoms with Crippen molar-refractivity contribution in [2.24, 2.45) is 5.73 Å². The summed E-state index contributed by atoms with van der Waals surface area (Å²) in [5.41, 5.74) is 6.37. The van der Waals surface area contributed by atoms with Gasteiger partial charge < -0.3 is 15.2 Å². The van der Waals surface area contributed by atoms with Gasteiger partial charge in [0, 0.05) is 0 Å². The Morgan fingerprint density at radius 2 is 2.05 bits per heavy atom. The molecule has 0 amide bonds. The molecule has 2 N–H and O–H groups in total. The van der Waals surface area contributed by atoms with Crippen LogP contribution in [0.15, 0.2) is 24.3 Å². The van der Waals surface area contributed by atoms with E-state index < -0.39 is 24.8 Å². The zero-order chi connectivity index (χ0) is 15.2. The van der Waals surface area contributed by atoms with Gasteiger partial charge in [0.05, 0.1) is 7.11 Å². The van der Waals surface area contributed by atoms with E-state index in [1.807, 2.05) is 6.07 Å². The van der Waals surface area contributed by atoms with Crippen LogP contribution in [-0.4, -0.2) is 31.9 Å². The van der Waals surface area contributed by atoms with E-state index in [2.05, 4.69) is 4.74 Å². The molecule has 0 spiro atoms. The zero-order valence-electron chi connectivity index (χ0n) is 11.4. The number of esters is 1. The summed E-state index contributed by atoms with van der Waals surface area (Å²) in [4.78, 5) is 11.3. The Morgan fingerprint density at radius 1 is 1.38 bits per heavy atom. The molecule has 0 aliphatic rings. The Balaban J connectivity index is 0.00000400. The highest BCUT2D eigenvalue weighted by Crippen LogP contribution is 2.16. The lowest BCUT2D eigenvalue weighted by molar-refractivity contribution is -0.187. The van der Waals surface area contributed by atoms with Crippen LogP contribution >= 0.6 is 12.4 Å². The fourth-order valence-electron chi connectivity index (χ4n) is 1.53. The number of methoxy groups -OCH3 is 1. The second-order valence-electron chi connectivity index (χ2n) is 4.22. The molecule has 0 aliphatic heterocycles. The molecule has 0 saturated heterocycles. The Labute approximate surface area is 126 Å². The molecule has 0 unspecified atom stereocenters. The quantitative estimate of drug-likeness (QED) is 0.815. The maximum atomic E-state index is 11.9. The summed E-state index contributed by atoms with van der Waals surface area (Å²) in [6, 6.07) is 6.05. The van der Waals surface area contributed by atoms with Crippen LogP contribution in [0.4, 0.5) is 13.2 Å². The fourth-order valence-corrected chi connectivity index (χ4v) is 1.53. The topological polar surface area (TPSA) is 61.5 Å². The van der Waals surface area contributed by atoms with Crippen molar-refractivity contribution in [2.75, 3.05) is 13.7 Å². The molecule has 0 radical (unpaired) electrons. The van der Waals surface area contributed by atoms with Crippen LogP contribution in [0.5, 0.6) is 5.75 Å². The first-order valence-electron chi connectivity index (χ1n) is 5.93. The van der Waals surface area contributed by atoms with E-state index in [9.17, 15) is 18.0 Å². The molecule has 0 heterocycles. The number of aryl methyl sites for hydroxylation is 1. The van der Waals surface area contributed by atoms with E-state index >= 15 is 0 Å². The lowest BCUT2D eigenvalue weighted by Gasteiger charge is -2.13. The second kappa shape index (κ2) is 8.74. The van der Waals surface area contributed by atoms with Crippen LogP contribution < -0.4 is 10.5 Å². The van der Waals surface area contributed by atoms with E-state index in [-0.39, 0.29) is 18.8 Å². The maximum Gasteiger partial charge on any atom is 0.422 e. The molecule has 0 fully saturated rings. The first kappa shape index (κ1) is 19.5. The van der Waals surface area contributed by atoms with Crippen molar-refractivity contribution in [3.8, 4) is 5.75 Å². The zero-order valence-corrected chi connectivity index (χ0v) is 12.2. The van der Waals surface area contributed by atoms with Crippen LogP contribution in [0.1, 0.15) is 12.0 Å². The minimum atomic E-state index is -4.54. The minimum Gasteiger partial charge on any atom is -0.497 e. The maximum absolute atomic E-state index is 11.9. The van der Waals surface area contributed by atoms with Crippen molar-refractivity contribution in [2.45, 2.75) is 25.1 Å². The van der Waals surface area contributed by atoms with Gasteiger partial charge in [-0.25, -0.2) is 0 Å². The third-order valence-corrected chi connectivity index (χ3v) is 2.56. The van der Waals surface area contributed by atoms with Gasteiger partial charge in [-0.1, -0.05) is 12.1 Å². The average Bonchev–Trinajstić information content (AvgIpc) is 2.41. The summed E-state index contributed by atoms with van der Waals surface area (Å²) in [6.45, 7) is -1.61. The molecule has 4 nitrogen and oxygen atoms in total. The van der Waals surface area contributed by atoms with Gasteiger partial charge in [-0.05, 0) is 30.5 Å². The fraction of sp³-hybridized carbons (Fsp3) is 0.462. The number of ether oxygens (including phenoxy) is 2. The van der Waals surface area contributed by atoms with Gasteiger partial charge in [0.25, 0.3) is 0 Å². The second-order valence-corrected chi connectivity index (χ2v) is 4.22. The SMILES string of the molecule is COc1cccc(CC[C@H](N)C(=O)OCC(F)(F)F)c1.Cl. The molecule has 1 rings (SSSR count). The van der Waals surface area contributed by atoms with Crippen LogP contribution in [0, 0.1) is 0 Å². The molecule has 120 valence electrons. The molecule has 0 aromatic heterocycles. The Kier molecular flexibility index (Phi) is 8.12. The molecule has 0 saturated carbocycles. The predicted octanol–water partition coefficient (Wildman–Crippen LogP) is 2.48. The lowest BCUT2D eigenvalue weighted by atomic mass is 10.1. The minimum absolute atomic E-state index is 0. The number of carbonyl (C=O) groups is 1. The highest BCUT2D eigenvalue weighted by molar-refractivity contribution is 5.85. The van der Waals surface area contributed by atoms with Gasteiger partial charge in [0.2, 0.25) is 0 Å². The number of carbonyl (C=O) groups excluding carboxylic acids is 1. The third kappa shape index (κ3) is 7.77. The highest BCUT2D eigenvalue weighted by Gasteiger charge is 2.30. The summed E-state index contributed by atoms with van der Waals surface area (Å²) in [6.07, 6.45) is -3.90. The summed E-state index contributed by atoms with van der Waals surface area (Å²) < 4.78 is 44.8. The van der Waals surface area contributed by atoms with Gasteiger partial charge in [0.1, 0.15) is 11.8 Å². The predicted molar refractivity (Wildman–Crippen MR) is 73.6 cm³/mol. The standard InChI is InChI=1S/C13H16F3NO3.ClH/c1-19-10-4-2-3-9(7-10)5-6-11(17)12(18)20-8-13(14,15)16;/h2-4,7,11H,5-6,8,17H2,1H3;1H/t11-;/m0./s1. The number of halogens is 4. The first-order valence-corrected chi connectivity index (χ1v) is 5.93. The highest BCUT2D eigenvalue weighted by atomic mass is 35.5. The Bertz CT molecular complexity index is 455. The summed E-state index contributed by atoms with van der Waals surface area (Å²) in [5.74, 6) is -0.388. The molecular weight excluding hydrogens is 311 g/mol. The van der Waals surface area contributed by atoms with Crippen molar-refractivity contribution >= 4 is 18.4 Å². The monoisotopic (exact) mass is 327 g/mol. The summed E-state index contributed by atoms with van der Waals surface area (Å²) in [7, 11) is 1.53. The van der Waals surface area contributed by atoms with Gasteiger partial charge >= 0.3 is 12.1 Å². The molecule has 0 aliphatic carbocycles. The van der Waals surface area contributed by atoms with Crippen LogP contribution in [-0.2, 0) is 16.0 Å². The number of alkyl halides is 3. The van der Waals surface area contributed by atoms with Crippen molar-refractivity contribution in [1.82, 2.24) is 0 Å².